The Morgan fingerprint density at radius 1 is 1.38 bits per heavy atom. The van der Waals surface area contributed by atoms with Crippen molar-refractivity contribution in [1.82, 2.24) is 9.88 Å². The molecule has 1 aromatic heterocycles. The Hall–Kier alpha value is -2.08. The largest absolute Gasteiger partial charge is 0.496 e. The fourth-order valence-electron chi connectivity index (χ4n) is 1.93. The third-order valence-electron chi connectivity index (χ3n) is 3.00. The van der Waals surface area contributed by atoms with Gasteiger partial charge >= 0.3 is 0 Å². The smallest absolute Gasteiger partial charge is 0.272 e. The van der Waals surface area contributed by atoms with Crippen molar-refractivity contribution in [2.75, 3.05) is 19.9 Å². The van der Waals surface area contributed by atoms with Crippen LogP contribution in [0.15, 0.2) is 41.0 Å². The minimum absolute atomic E-state index is 0.169. The molecule has 110 valence electrons. The van der Waals surface area contributed by atoms with E-state index in [1.807, 2.05) is 18.2 Å². The summed E-state index contributed by atoms with van der Waals surface area (Å²) in [4.78, 5) is 17.9. The summed E-state index contributed by atoms with van der Waals surface area (Å²) in [5.74, 6) is 0.570. The minimum Gasteiger partial charge on any atom is -0.496 e. The number of halogens is 1. The van der Waals surface area contributed by atoms with Crippen molar-refractivity contribution in [3.63, 3.8) is 0 Å². The van der Waals surface area contributed by atoms with Crippen LogP contribution in [0.4, 0.5) is 5.69 Å². The zero-order valence-corrected chi connectivity index (χ0v) is 13.4. The molecule has 5 nitrogen and oxygen atoms in total. The molecule has 2 aromatic rings. The van der Waals surface area contributed by atoms with Crippen LogP contribution in [0.2, 0.25) is 0 Å². The van der Waals surface area contributed by atoms with E-state index in [1.165, 1.54) is 6.20 Å². The fraction of sp³-hybridized carbons (Fsp3) is 0.200. The number of hydrogen-bond acceptors (Lipinski definition) is 4. The molecule has 0 aliphatic heterocycles. The summed E-state index contributed by atoms with van der Waals surface area (Å²) in [5.41, 5.74) is 7.38. The SMILES string of the molecule is COc1ccc(Br)cc1CN(C)C(=O)c1ccc(N)cn1. The van der Waals surface area contributed by atoms with Crippen molar-refractivity contribution < 1.29 is 9.53 Å². The third kappa shape index (κ3) is 3.72. The summed E-state index contributed by atoms with van der Waals surface area (Å²) in [5, 5.41) is 0. The molecule has 0 fully saturated rings. The van der Waals surface area contributed by atoms with Crippen LogP contribution in [-0.2, 0) is 6.54 Å². The van der Waals surface area contributed by atoms with Crippen LogP contribution in [0.5, 0.6) is 5.75 Å². The maximum atomic E-state index is 12.3. The Kier molecular flexibility index (Phi) is 4.80. The topological polar surface area (TPSA) is 68.5 Å². The van der Waals surface area contributed by atoms with Crippen LogP contribution in [0.3, 0.4) is 0 Å². The second-order valence-corrected chi connectivity index (χ2v) is 5.51. The summed E-state index contributed by atoms with van der Waals surface area (Å²) in [6.07, 6.45) is 1.47. The predicted octanol–water partition coefficient (Wildman–Crippen LogP) is 2.71. The number of hydrogen-bond donors (Lipinski definition) is 1. The summed E-state index contributed by atoms with van der Waals surface area (Å²) >= 11 is 3.42. The monoisotopic (exact) mass is 349 g/mol. The molecule has 0 saturated heterocycles. The number of carbonyl (C=O) groups is 1. The Labute approximate surface area is 131 Å². The van der Waals surface area contributed by atoms with E-state index in [1.54, 1.807) is 31.2 Å². The lowest BCUT2D eigenvalue weighted by atomic mass is 10.2. The molecule has 0 spiro atoms. The molecule has 0 unspecified atom stereocenters. The van der Waals surface area contributed by atoms with Crippen molar-refractivity contribution in [3.05, 3.63) is 52.3 Å². The number of benzene rings is 1. The van der Waals surface area contributed by atoms with Crippen LogP contribution in [0.25, 0.3) is 0 Å². The molecule has 0 atom stereocenters. The van der Waals surface area contributed by atoms with Crippen molar-refractivity contribution >= 4 is 27.5 Å². The van der Waals surface area contributed by atoms with Crippen LogP contribution in [0.1, 0.15) is 16.1 Å². The van der Waals surface area contributed by atoms with E-state index in [2.05, 4.69) is 20.9 Å². The summed E-state index contributed by atoms with van der Waals surface area (Å²) in [6, 6.07) is 8.96. The lowest BCUT2D eigenvalue weighted by molar-refractivity contribution is 0.0778. The number of nitrogen functional groups attached to an aromatic ring is 1. The van der Waals surface area contributed by atoms with Crippen molar-refractivity contribution in [2.45, 2.75) is 6.54 Å². The normalized spacial score (nSPS) is 10.2. The van der Waals surface area contributed by atoms with Crippen LogP contribution in [-0.4, -0.2) is 29.9 Å². The molecule has 0 bridgehead atoms. The maximum Gasteiger partial charge on any atom is 0.272 e. The molecule has 21 heavy (non-hydrogen) atoms. The number of rotatable bonds is 4. The average Bonchev–Trinajstić information content (AvgIpc) is 2.47. The number of nitrogens with zero attached hydrogens (tertiary/aromatic N) is 2. The zero-order chi connectivity index (χ0) is 15.4. The molecular weight excluding hydrogens is 334 g/mol. The van der Waals surface area contributed by atoms with E-state index in [-0.39, 0.29) is 5.91 Å². The van der Waals surface area contributed by atoms with Gasteiger partial charge in [0.25, 0.3) is 5.91 Å². The van der Waals surface area contributed by atoms with E-state index in [0.717, 1.165) is 15.8 Å². The highest BCUT2D eigenvalue weighted by molar-refractivity contribution is 9.10. The van der Waals surface area contributed by atoms with Crippen molar-refractivity contribution in [2.24, 2.45) is 0 Å². The molecule has 2 N–H and O–H groups in total. The van der Waals surface area contributed by atoms with E-state index in [4.69, 9.17) is 10.5 Å². The van der Waals surface area contributed by atoms with Gasteiger partial charge in [-0.3, -0.25) is 4.79 Å². The molecule has 0 saturated carbocycles. The quantitative estimate of drug-likeness (QED) is 0.921. The number of aromatic nitrogens is 1. The zero-order valence-electron chi connectivity index (χ0n) is 11.8. The Morgan fingerprint density at radius 3 is 2.76 bits per heavy atom. The van der Waals surface area contributed by atoms with Gasteiger partial charge in [0.1, 0.15) is 11.4 Å². The summed E-state index contributed by atoms with van der Waals surface area (Å²) in [7, 11) is 3.33. The molecule has 1 heterocycles. The molecule has 1 amide bonds. The first-order chi connectivity index (χ1) is 10.0. The van der Waals surface area contributed by atoms with Gasteiger partial charge in [0.05, 0.1) is 19.0 Å². The molecule has 0 radical (unpaired) electrons. The number of ether oxygens (including phenoxy) is 1. The van der Waals surface area contributed by atoms with Crippen molar-refractivity contribution in [3.8, 4) is 5.75 Å². The van der Waals surface area contributed by atoms with Gasteiger partial charge < -0.3 is 15.4 Å². The molecule has 2 rings (SSSR count). The Bertz CT molecular complexity index is 644. The summed E-state index contributed by atoms with van der Waals surface area (Å²) in [6.45, 7) is 0.424. The van der Waals surface area contributed by atoms with E-state index < -0.39 is 0 Å². The fourth-order valence-corrected chi connectivity index (χ4v) is 2.33. The van der Waals surface area contributed by atoms with Crippen molar-refractivity contribution in [1.29, 1.82) is 0 Å². The van der Waals surface area contributed by atoms with E-state index in [9.17, 15) is 4.79 Å². The molecule has 0 aliphatic rings. The highest BCUT2D eigenvalue weighted by atomic mass is 79.9. The second kappa shape index (κ2) is 6.58. The van der Waals surface area contributed by atoms with Crippen LogP contribution in [0, 0.1) is 0 Å². The average molecular weight is 350 g/mol. The standard InChI is InChI=1S/C15H16BrN3O2/c1-19(15(20)13-5-4-12(17)8-18-13)9-10-7-11(16)3-6-14(10)21-2/h3-8H,9,17H2,1-2H3. The molecular formula is C15H16BrN3O2. The lowest BCUT2D eigenvalue weighted by Crippen LogP contribution is -2.27. The first-order valence-electron chi connectivity index (χ1n) is 6.30. The van der Waals surface area contributed by atoms with Gasteiger partial charge in [-0.2, -0.15) is 0 Å². The van der Waals surface area contributed by atoms with Crippen LogP contribution >= 0.6 is 15.9 Å². The van der Waals surface area contributed by atoms with Gasteiger partial charge in [-0.25, -0.2) is 4.98 Å². The van der Waals surface area contributed by atoms with E-state index >= 15 is 0 Å². The Balaban J connectivity index is 2.17. The van der Waals surface area contributed by atoms with Crippen LogP contribution < -0.4 is 10.5 Å². The van der Waals surface area contributed by atoms with Gasteiger partial charge in [-0.1, -0.05) is 15.9 Å². The highest BCUT2D eigenvalue weighted by Crippen LogP contribution is 2.24. The third-order valence-corrected chi connectivity index (χ3v) is 3.50. The maximum absolute atomic E-state index is 12.3. The Morgan fingerprint density at radius 2 is 2.14 bits per heavy atom. The van der Waals surface area contributed by atoms with Gasteiger partial charge in [-0.05, 0) is 30.3 Å². The number of carbonyl (C=O) groups excluding carboxylic acids is 1. The van der Waals surface area contributed by atoms with E-state index in [0.29, 0.717) is 17.9 Å². The molecule has 1 aromatic carbocycles. The number of anilines is 1. The second-order valence-electron chi connectivity index (χ2n) is 4.59. The first kappa shape index (κ1) is 15.3. The van der Waals surface area contributed by atoms with Gasteiger partial charge in [0.15, 0.2) is 0 Å². The molecule has 6 heteroatoms. The highest BCUT2D eigenvalue weighted by Gasteiger charge is 2.15. The lowest BCUT2D eigenvalue weighted by Gasteiger charge is -2.18. The van der Waals surface area contributed by atoms with Gasteiger partial charge in [0.2, 0.25) is 0 Å². The number of methoxy groups -OCH3 is 1. The first-order valence-corrected chi connectivity index (χ1v) is 7.10. The molecule has 0 aliphatic carbocycles. The minimum atomic E-state index is -0.169. The number of amides is 1. The predicted molar refractivity (Wildman–Crippen MR) is 85.1 cm³/mol. The summed E-state index contributed by atoms with van der Waals surface area (Å²) < 4.78 is 6.25. The van der Waals surface area contributed by atoms with Gasteiger partial charge in [0, 0.05) is 23.6 Å². The number of nitrogens with two attached hydrogens (primary N) is 1. The van der Waals surface area contributed by atoms with Gasteiger partial charge in [-0.15, -0.1) is 0 Å². The number of pyridine rings is 1.